The van der Waals surface area contributed by atoms with Gasteiger partial charge in [0.05, 0.1) is 6.10 Å². The first-order chi connectivity index (χ1) is 8.04. The van der Waals surface area contributed by atoms with Gasteiger partial charge in [0.25, 0.3) is 0 Å². The van der Waals surface area contributed by atoms with E-state index in [1.807, 2.05) is 6.92 Å². The van der Waals surface area contributed by atoms with E-state index in [9.17, 15) is 8.78 Å². The smallest absolute Gasteiger partial charge is 0.191 e. The van der Waals surface area contributed by atoms with Gasteiger partial charge in [-0.05, 0) is 44.5 Å². The monoisotopic (exact) mass is 243 g/mol. The molecule has 0 radical (unpaired) electrons. The Kier molecular flexibility index (Phi) is 5.35. The van der Waals surface area contributed by atoms with Crippen LogP contribution in [0.3, 0.4) is 0 Å². The number of ether oxygens (including phenoxy) is 1. The highest BCUT2D eigenvalue weighted by Crippen LogP contribution is 2.24. The number of hydrogen-bond acceptors (Lipinski definition) is 2. The summed E-state index contributed by atoms with van der Waals surface area (Å²) < 4.78 is 32.3. The Bertz CT molecular complexity index is 343. The summed E-state index contributed by atoms with van der Waals surface area (Å²) in [5.74, 6) is -1.58. The van der Waals surface area contributed by atoms with Gasteiger partial charge in [-0.15, -0.1) is 0 Å². The number of halogens is 2. The first kappa shape index (κ1) is 13.9. The maximum absolute atomic E-state index is 13.6. The minimum Gasteiger partial charge on any atom is -0.485 e. The third-order valence-corrected chi connectivity index (χ3v) is 2.17. The van der Waals surface area contributed by atoms with Crippen LogP contribution in [0, 0.1) is 11.6 Å². The summed E-state index contributed by atoms with van der Waals surface area (Å²) in [6.45, 7) is 6.79. The van der Waals surface area contributed by atoms with Crippen LogP contribution in [0.4, 0.5) is 8.78 Å². The molecule has 0 aromatic heterocycles. The molecule has 0 saturated carbocycles. The second kappa shape index (κ2) is 6.55. The zero-order valence-corrected chi connectivity index (χ0v) is 10.5. The van der Waals surface area contributed by atoms with E-state index in [0.29, 0.717) is 12.1 Å². The summed E-state index contributed by atoms with van der Waals surface area (Å²) in [6, 6.07) is 2.62. The number of nitrogens with one attached hydrogen (secondary N) is 1. The summed E-state index contributed by atoms with van der Waals surface area (Å²) in [6.07, 6.45) is 0.738. The molecule has 0 fully saturated rings. The molecule has 1 rings (SSSR count). The molecule has 0 aliphatic rings. The number of rotatable bonds is 6. The third kappa shape index (κ3) is 4.30. The molecule has 0 atom stereocenters. The van der Waals surface area contributed by atoms with E-state index < -0.39 is 11.6 Å². The van der Waals surface area contributed by atoms with Crippen LogP contribution >= 0.6 is 0 Å². The summed E-state index contributed by atoms with van der Waals surface area (Å²) >= 11 is 0. The molecule has 4 heteroatoms. The maximum atomic E-state index is 13.6. The first-order valence-corrected chi connectivity index (χ1v) is 5.89. The van der Waals surface area contributed by atoms with Crippen molar-refractivity contribution in [2.24, 2.45) is 0 Å². The summed E-state index contributed by atoms with van der Waals surface area (Å²) in [5, 5.41) is 3.09. The molecular weight excluding hydrogens is 224 g/mol. The van der Waals surface area contributed by atoms with E-state index in [4.69, 9.17) is 4.74 Å². The predicted molar refractivity (Wildman–Crippen MR) is 64.1 cm³/mol. The van der Waals surface area contributed by atoms with Crippen molar-refractivity contribution in [1.82, 2.24) is 5.32 Å². The highest BCUT2D eigenvalue weighted by Gasteiger charge is 2.13. The molecule has 0 aliphatic heterocycles. The molecular formula is C13H19F2NO. The van der Waals surface area contributed by atoms with E-state index in [1.165, 1.54) is 12.1 Å². The standard InChI is InChI=1S/C13H19F2NO/c1-4-5-16-8-10-6-11(14)13(12(15)7-10)17-9(2)3/h6-7,9,16H,4-5,8H2,1-3H3. The van der Waals surface area contributed by atoms with E-state index in [1.54, 1.807) is 13.8 Å². The maximum Gasteiger partial charge on any atom is 0.191 e. The van der Waals surface area contributed by atoms with Gasteiger partial charge in [-0.3, -0.25) is 0 Å². The Labute approximate surface area is 101 Å². The van der Waals surface area contributed by atoms with Crippen molar-refractivity contribution in [3.8, 4) is 5.75 Å². The van der Waals surface area contributed by atoms with E-state index in [-0.39, 0.29) is 11.9 Å². The van der Waals surface area contributed by atoms with Crippen molar-refractivity contribution >= 4 is 0 Å². The van der Waals surface area contributed by atoms with E-state index in [0.717, 1.165) is 13.0 Å². The van der Waals surface area contributed by atoms with Gasteiger partial charge in [0.1, 0.15) is 0 Å². The topological polar surface area (TPSA) is 21.3 Å². The second-order valence-electron chi connectivity index (χ2n) is 4.23. The van der Waals surface area contributed by atoms with Crippen molar-refractivity contribution in [2.75, 3.05) is 6.54 Å². The quantitative estimate of drug-likeness (QED) is 0.774. The van der Waals surface area contributed by atoms with E-state index >= 15 is 0 Å². The summed E-state index contributed by atoms with van der Waals surface area (Å²) in [7, 11) is 0. The van der Waals surface area contributed by atoms with E-state index in [2.05, 4.69) is 5.32 Å². The van der Waals surface area contributed by atoms with Crippen molar-refractivity contribution in [1.29, 1.82) is 0 Å². The molecule has 0 heterocycles. The van der Waals surface area contributed by atoms with Gasteiger partial charge in [-0.2, -0.15) is 0 Å². The van der Waals surface area contributed by atoms with Gasteiger partial charge >= 0.3 is 0 Å². The molecule has 1 N–H and O–H groups in total. The Morgan fingerprint density at radius 3 is 2.29 bits per heavy atom. The summed E-state index contributed by atoms with van der Waals surface area (Å²) in [5.41, 5.74) is 0.588. The molecule has 0 spiro atoms. The Balaban J connectivity index is 2.78. The van der Waals surface area contributed by atoms with Gasteiger partial charge in [-0.25, -0.2) is 8.78 Å². The normalized spacial score (nSPS) is 10.9. The SMILES string of the molecule is CCCNCc1cc(F)c(OC(C)C)c(F)c1. The molecule has 96 valence electrons. The molecule has 0 unspecified atom stereocenters. The second-order valence-corrected chi connectivity index (χ2v) is 4.23. The molecule has 0 amide bonds. The molecule has 1 aromatic rings. The largest absolute Gasteiger partial charge is 0.485 e. The molecule has 1 aromatic carbocycles. The van der Waals surface area contributed by atoms with Crippen LogP contribution in [-0.4, -0.2) is 12.6 Å². The van der Waals surface area contributed by atoms with Crippen LogP contribution in [0.15, 0.2) is 12.1 Å². The highest BCUT2D eigenvalue weighted by molar-refractivity contribution is 5.31. The van der Waals surface area contributed by atoms with Crippen LogP contribution < -0.4 is 10.1 Å². The zero-order chi connectivity index (χ0) is 12.8. The minimum absolute atomic E-state index is 0.247. The fourth-order valence-electron chi connectivity index (χ4n) is 1.47. The van der Waals surface area contributed by atoms with Gasteiger partial charge in [0.15, 0.2) is 17.4 Å². The van der Waals surface area contributed by atoms with Crippen LogP contribution in [0.1, 0.15) is 32.8 Å². The molecule has 0 bridgehead atoms. The molecule has 0 saturated heterocycles. The Morgan fingerprint density at radius 1 is 1.24 bits per heavy atom. The average Bonchev–Trinajstić information content (AvgIpc) is 2.24. The lowest BCUT2D eigenvalue weighted by Crippen LogP contribution is -2.15. The predicted octanol–water partition coefficient (Wildman–Crippen LogP) is 3.25. The molecule has 2 nitrogen and oxygen atoms in total. The molecule has 0 aliphatic carbocycles. The zero-order valence-electron chi connectivity index (χ0n) is 10.5. The van der Waals surface area contributed by atoms with Gasteiger partial charge in [-0.1, -0.05) is 6.92 Å². The van der Waals surface area contributed by atoms with Crippen LogP contribution in [0.25, 0.3) is 0 Å². The number of benzene rings is 1. The van der Waals surface area contributed by atoms with Crippen molar-refractivity contribution in [2.45, 2.75) is 39.8 Å². The number of hydrogen-bond donors (Lipinski definition) is 1. The van der Waals surface area contributed by atoms with Crippen LogP contribution in [0.5, 0.6) is 5.75 Å². The summed E-state index contributed by atoms with van der Waals surface area (Å²) in [4.78, 5) is 0. The van der Waals surface area contributed by atoms with Gasteiger partial charge < -0.3 is 10.1 Å². The minimum atomic E-state index is -0.646. The lowest BCUT2D eigenvalue weighted by molar-refractivity contribution is 0.219. The van der Waals surface area contributed by atoms with Gasteiger partial charge in [0.2, 0.25) is 0 Å². The van der Waals surface area contributed by atoms with Crippen molar-refractivity contribution in [3.63, 3.8) is 0 Å². The van der Waals surface area contributed by atoms with Crippen LogP contribution in [-0.2, 0) is 6.54 Å². The first-order valence-electron chi connectivity index (χ1n) is 5.89. The Hall–Kier alpha value is -1.16. The highest BCUT2D eigenvalue weighted by atomic mass is 19.1. The van der Waals surface area contributed by atoms with Crippen molar-refractivity contribution in [3.05, 3.63) is 29.3 Å². The average molecular weight is 243 g/mol. The fourth-order valence-corrected chi connectivity index (χ4v) is 1.47. The fraction of sp³-hybridized carbons (Fsp3) is 0.538. The van der Waals surface area contributed by atoms with Crippen molar-refractivity contribution < 1.29 is 13.5 Å². The Morgan fingerprint density at radius 2 is 1.82 bits per heavy atom. The lowest BCUT2D eigenvalue weighted by Gasteiger charge is -2.13. The molecule has 17 heavy (non-hydrogen) atoms. The lowest BCUT2D eigenvalue weighted by atomic mass is 10.2. The third-order valence-electron chi connectivity index (χ3n) is 2.17. The van der Waals surface area contributed by atoms with Crippen LogP contribution in [0.2, 0.25) is 0 Å². The van der Waals surface area contributed by atoms with Gasteiger partial charge in [0, 0.05) is 6.54 Å².